The van der Waals surface area contributed by atoms with E-state index in [-0.39, 0.29) is 11.9 Å². The highest BCUT2D eigenvalue weighted by atomic mass is 79.9. The molecule has 0 saturated carbocycles. The number of aromatic nitrogens is 2. The summed E-state index contributed by atoms with van der Waals surface area (Å²) in [5.41, 5.74) is 2.06. The standard InChI is InChI=1S/C13H15BrFN3/c1-3-18-8-9(7-17-18)13(16-2)11-5-4-10(15)6-12(11)14/h4-8,13,16H,3H2,1-2H3. The third-order valence-electron chi connectivity index (χ3n) is 2.87. The van der Waals surface area contributed by atoms with Gasteiger partial charge in [0.25, 0.3) is 0 Å². The predicted molar refractivity (Wildman–Crippen MR) is 72.9 cm³/mol. The minimum atomic E-state index is -0.246. The molecule has 0 aliphatic carbocycles. The van der Waals surface area contributed by atoms with Crippen LogP contribution in [0.4, 0.5) is 4.39 Å². The van der Waals surface area contributed by atoms with Gasteiger partial charge in [0.05, 0.1) is 12.2 Å². The number of benzene rings is 1. The van der Waals surface area contributed by atoms with Crippen molar-refractivity contribution in [3.05, 3.63) is 52.0 Å². The third kappa shape index (κ3) is 2.62. The van der Waals surface area contributed by atoms with Crippen molar-refractivity contribution in [3.63, 3.8) is 0 Å². The molecule has 2 aromatic rings. The van der Waals surface area contributed by atoms with E-state index in [1.807, 2.05) is 31.0 Å². The first-order chi connectivity index (χ1) is 8.65. The van der Waals surface area contributed by atoms with Gasteiger partial charge in [-0.25, -0.2) is 4.39 Å². The molecule has 1 aromatic heterocycles. The quantitative estimate of drug-likeness (QED) is 0.940. The molecule has 0 amide bonds. The minimum Gasteiger partial charge on any atom is -0.309 e. The zero-order chi connectivity index (χ0) is 13.1. The normalized spacial score (nSPS) is 12.7. The first-order valence-electron chi connectivity index (χ1n) is 5.80. The Morgan fingerprint density at radius 1 is 1.50 bits per heavy atom. The fourth-order valence-electron chi connectivity index (χ4n) is 1.94. The first-order valence-corrected chi connectivity index (χ1v) is 6.59. The van der Waals surface area contributed by atoms with Crippen LogP contribution in [0.3, 0.4) is 0 Å². The maximum absolute atomic E-state index is 13.1. The summed E-state index contributed by atoms with van der Waals surface area (Å²) in [4.78, 5) is 0. The average molecular weight is 312 g/mol. The van der Waals surface area contributed by atoms with Crippen LogP contribution in [0.1, 0.15) is 24.1 Å². The van der Waals surface area contributed by atoms with Crippen molar-refractivity contribution >= 4 is 15.9 Å². The van der Waals surface area contributed by atoms with Crippen molar-refractivity contribution in [2.45, 2.75) is 19.5 Å². The smallest absolute Gasteiger partial charge is 0.124 e. The molecule has 1 N–H and O–H groups in total. The van der Waals surface area contributed by atoms with Gasteiger partial charge in [0.2, 0.25) is 0 Å². The van der Waals surface area contributed by atoms with Crippen LogP contribution in [0.5, 0.6) is 0 Å². The number of nitrogens with zero attached hydrogens (tertiary/aromatic N) is 2. The highest BCUT2D eigenvalue weighted by Gasteiger charge is 2.16. The Morgan fingerprint density at radius 3 is 2.83 bits per heavy atom. The van der Waals surface area contributed by atoms with Gasteiger partial charge in [0, 0.05) is 22.8 Å². The van der Waals surface area contributed by atoms with Crippen LogP contribution >= 0.6 is 15.9 Å². The van der Waals surface area contributed by atoms with E-state index in [4.69, 9.17) is 0 Å². The Labute approximate surface area is 114 Å². The van der Waals surface area contributed by atoms with Crippen LogP contribution in [0.2, 0.25) is 0 Å². The van der Waals surface area contributed by atoms with Crippen molar-refractivity contribution in [1.82, 2.24) is 15.1 Å². The number of rotatable bonds is 4. The van der Waals surface area contributed by atoms with Crippen molar-refractivity contribution in [1.29, 1.82) is 0 Å². The van der Waals surface area contributed by atoms with E-state index < -0.39 is 0 Å². The summed E-state index contributed by atoms with van der Waals surface area (Å²) in [6.45, 7) is 2.87. The van der Waals surface area contributed by atoms with Gasteiger partial charge in [-0.2, -0.15) is 5.10 Å². The van der Waals surface area contributed by atoms with Gasteiger partial charge in [-0.1, -0.05) is 22.0 Å². The molecule has 0 aliphatic rings. The average Bonchev–Trinajstić information content (AvgIpc) is 2.81. The fourth-order valence-corrected chi connectivity index (χ4v) is 2.52. The van der Waals surface area contributed by atoms with E-state index >= 15 is 0 Å². The van der Waals surface area contributed by atoms with E-state index in [2.05, 4.69) is 26.3 Å². The van der Waals surface area contributed by atoms with Gasteiger partial charge in [0.15, 0.2) is 0 Å². The van der Waals surface area contributed by atoms with Crippen molar-refractivity contribution in [3.8, 4) is 0 Å². The maximum atomic E-state index is 13.1. The Bertz CT molecular complexity index is 539. The third-order valence-corrected chi connectivity index (χ3v) is 3.56. The molecule has 0 aliphatic heterocycles. The van der Waals surface area contributed by atoms with Crippen LogP contribution < -0.4 is 5.32 Å². The van der Waals surface area contributed by atoms with Gasteiger partial charge < -0.3 is 5.32 Å². The van der Waals surface area contributed by atoms with Crippen LogP contribution in [-0.4, -0.2) is 16.8 Å². The maximum Gasteiger partial charge on any atom is 0.124 e. The van der Waals surface area contributed by atoms with E-state index in [9.17, 15) is 4.39 Å². The largest absolute Gasteiger partial charge is 0.309 e. The lowest BCUT2D eigenvalue weighted by Crippen LogP contribution is -2.17. The lowest BCUT2D eigenvalue weighted by atomic mass is 10.0. The minimum absolute atomic E-state index is 0.000255. The molecule has 0 spiro atoms. The Morgan fingerprint density at radius 2 is 2.28 bits per heavy atom. The zero-order valence-electron chi connectivity index (χ0n) is 10.3. The van der Waals surface area contributed by atoms with Gasteiger partial charge in [-0.05, 0) is 31.7 Å². The molecular weight excluding hydrogens is 297 g/mol. The molecule has 2 rings (SSSR count). The van der Waals surface area contributed by atoms with Crippen LogP contribution in [0, 0.1) is 5.82 Å². The number of hydrogen-bond donors (Lipinski definition) is 1. The molecule has 1 aromatic carbocycles. The van der Waals surface area contributed by atoms with E-state index in [0.29, 0.717) is 0 Å². The molecule has 0 radical (unpaired) electrons. The molecule has 0 bridgehead atoms. The predicted octanol–water partition coefficient (Wildman–Crippen LogP) is 3.11. The summed E-state index contributed by atoms with van der Waals surface area (Å²) in [7, 11) is 1.88. The molecule has 1 unspecified atom stereocenters. The highest BCUT2D eigenvalue weighted by Crippen LogP contribution is 2.28. The summed E-state index contributed by atoms with van der Waals surface area (Å²) in [5, 5.41) is 7.49. The lowest BCUT2D eigenvalue weighted by Gasteiger charge is -2.16. The van der Waals surface area contributed by atoms with Crippen LogP contribution in [0.25, 0.3) is 0 Å². The summed E-state index contributed by atoms with van der Waals surface area (Å²) in [6.07, 6.45) is 3.83. The second-order valence-corrected chi connectivity index (χ2v) is 4.87. The van der Waals surface area contributed by atoms with Crippen LogP contribution in [0.15, 0.2) is 35.1 Å². The monoisotopic (exact) mass is 311 g/mol. The summed E-state index contributed by atoms with van der Waals surface area (Å²) in [6, 6.07) is 4.72. The van der Waals surface area contributed by atoms with Gasteiger partial charge in [0.1, 0.15) is 5.82 Å². The fraction of sp³-hybridized carbons (Fsp3) is 0.308. The Kier molecular flexibility index (Phi) is 4.14. The Balaban J connectivity index is 2.38. The molecule has 5 heteroatoms. The molecule has 3 nitrogen and oxygen atoms in total. The zero-order valence-corrected chi connectivity index (χ0v) is 11.9. The van der Waals surface area contributed by atoms with Crippen LogP contribution in [-0.2, 0) is 6.54 Å². The Hall–Kier alpha value is -1.20. The molecular formula is C13H15BrFN3. The highest BCUT2D eigenvalue weighted by molar-refractivity contribution is 9.10. The molecule has 96 valence electrons. The van der Waals surface area contributed by atoms with Gasteiger partial charge >= 0.3 is 0 Å². The SMILES string of the molecule is CCn1cc(C(NC)c2ccc(F)cc2Br)cn1. The number of nitrogens with one attached hydrogen (secondary N) is 1. The summed E-state index contributed by atoms with van der Waals surface area (Å²) < 4.78 is 15.7. The number of hydrogen-bond acceptors (Lipinski definition) is 2. The van der Waals surface area contributed by atoms with E-state index in [1.165, 1.54) is 12.1 Å². The topological polar surface area (TPSA) is 29.9 Å². The molecule has 1 atom stereocenters. The summed E-state index contributed by atoms with van der Waals surface area (Å²) >= 11 is 3.40. The molecule has 0 fully saturated rings. The molecule has 0 saturated heterocycles. The number of aryl methyl sites for hydroxylation is 1. The first kappa shape index (κ1) is 13.2. The van der Waals surface area contributed by atoms with Gasteiger partial charge in [-0.3, -0.25) is 4.68 Å². The van der Waals surface area contributed by atoms with E-state index in [1.54, 1.807) is 6.07 Å². The summed E-state index contributed by atoms with van der Waals surface area (Å²) in [5.74, 6) is -0.246. The van der Waals surface area contributed by atoms with Crippen molar-refractivity contribution in [2.24, 2.45) is 0 Å². The molecule has 1 heterocycles. The second-order valence-electron chi connectivity index (χ2n) is 4.02. The van der Waals surface area contributed by atoms with Crippen molar-refractivity contribution < 1.29 is 4.39 Å². The molecule has 18 heavy (non-hydrogen) atoms. The second kappa shape index (κ2) is 5.63. The lowest BCUT2D eigenvalue weighted by molar-refractivity contribution is 0.621. The van der Waals surface area contributed by atoms with Crippen molar-refractivity contribution in [2.75, 3.05) is 7.05 Å². The van der Waals surface area contributed by atoms with Gasteiger partial charge in [-0.15, -0.1) is 0 Å². The van der Waals surface area contributed by atoms with E-state index in [0.717, 1.165) is 22.1 Å². The number of halogens is 2.